The van der Waals surface area contributed by atoms with Crippen molar-refractivity contribution < 1.29 is 13.9 Å². The fourth-order valence-corrected chi connectivity index (χ4v) is 2.14. The minimum absolute atomic E-state index is 0.211. The number of carbonyl (C=O) groups excluding carboxylic acids is 1. The highest BCUT2D eigenvalue weighted by molar-refractivity contribution is 9.10. The van der Waals surface area contributed by atoms with Gasteiger partial charge in [0.05, 0.1) is 10.2 Å². The molecule has 0 heterocycles. The van der Waals surface area contributed by atoms with Crippen molar-refractivity contribution in [2.24, 2.45) is 0 Å². The summed E-state index contributed by atoms with van der Waals surface area (Å²) in [5.41, 5.74) is 5.83. The zero-order chi connectivity index (χ0) is 15.2. The molecule has 0 fully saturated rings. The summed E-state index contributed by atoms with van der Waals surface area (Å²) >= 11 is 8.97. The van der Waals surface area contributed by atoms with Gasteiger partial charge in [0.1, 0.15) is 11.6 Å². The zero-order valence-corrected chi connectivity index (χ0v) is 13.0. The number of anilines is 1. The molecule has 2 N–H and O–H groups in total. The molecule has 110 valence electrons. The van der Waals surface area contributed by atoms with Crippen LogP contribution in [-0.2, 0) is 4.79 Å². The molecule has 2 aromatic rings. The predicted molar refractivity (Wildman–Crippen MR) is 82.8 cm³/mol. The Morgan fingerprint density at radius 2 is 2.10 bits per heavy atom. The summed E-state index contributed by atoms with van der Waals surface area (Å²) in [6.45, 7) is -0.211. The van der Waals surface area contributed by atoms with Crippen molar-refractivity contribution in [3.63, 3.8) is 0 Å². The highest BCUT2D eigenvalue weighted by atomic mass is 79.9. The van der Waals surface area contributed by atoms with E-state index >= 15 is 0 Å². The normalized spacial score (nSPS) is 10.0. The quantitative estimate of drug-likeness (QED) is 0.785. The van der Waals surface area contributed by atoms with Crippen LogP contribution < -0.4 is 15.6 Å². The van der Waals surface area contributed by atoms with E-state index in [0.717, 1.165) is 0 Å². The van der Waals surface area contributed by atoms with Gasteiger partial charge >= 0.3 is 0 Å². The Balaban J connectivity index is 1.82. The van der Waals surface area contributed by atoms with E-state index < -0.39 is 0 Å². The van der Waals surface area contributed by atoms with Gasteiger partial charge in [-0.15, -0.1) is 0 Å². The van der Waals surface area contributed by atoms with Gasteiger partial charge < -0.3 is 4.74 Å². The van der Waals surface area contributed by atoms with E-state index in [4.69, 9.17) is 16.3 Å². The first-order valence-corrected chi connectivity index (χ1v) is 7.10. The van der Waals surface area contributed by atoms with E-state index in [0.29, 0.717) is 20.9 Å². The van der Waals surface area contributed by atoms with Crippen molar-refractivity contribution in [2.45, 2.75) is 0 Å². The van der Waals surface area contributed by atoms with Crippen LogP contribution in [0.4, 0.5) is 10.1 Å². The van der Waals surface area contributed by atoms with Gasteiger partial charge in [-0.25, -0.2) is 4.39 Å². The maximum absolute atomic E-state index is 12.9. The van der Waals surface area contributed by atoms with Gasteiger partial charge in [-0.1, -0.05) is 17.7 Å². The summed E-state index contributed by atoms with van der Waals surface area (Å²) in [5.74, 6) is -0.387. The monoisotopic (exact) mass is 372 g/mol. The Morgan fingerprint density at radius 1 is 1.29 bits per heavy atom. The molecule has 0 atom stereocenters. The fourth-order valence-electron chi connectivity index (χ4n) is 1.48. The zero-order valence-electron chi connectivity index (χ0n) is 10.7. The molecule has 0 aromatic heterocycles. The van der Waals surface area contributed by atoms with Crippen molar-refractivity contribution in [1.82, 2.24) is 5.43 Å². The van der Waals surface area contributed by atoms with Gasteiger partial charge in [-0.3, -0.25) is 15.6 Å². The molecule has 0 saturated carbocycles. The summed E-state index contributed by atoms with van der Waals surface area (Å²) in [6.07, 6.45) is 0. The number of amides is 1. The molecule has 0 saturated heterocycles. The van der Waals surface area contributed by atoms with E-state index in [1.165, 1.54) is 18.2 Å². The summed E-state index contributed by atoms with van der Waals surface area (Å²) in [7, 11) is 0. The van der Waals surface area contributed by atoms with Crippen molar-refractivity contribution in [1.29, 1.82) is 0 Å². The molecule has 0 aliphatic heterocycles. The Morgan fingerprint density at radius 3 is 2.81 bits per heavy atom. The molecule has 2 rings (SSSR count). The number of carbonyl (C=O) groups is 1. The lowest BCUT2D eigenvalue weighted by atomic mass is 10.3. The number of nitrogens with one attached hydrogen (secondary N) is 2. The molecule has 0 spiro atoms. The Kier molecular flexibility index (Phi) is 5.41. The van der Waals surface area contributed by atoms with Crippen LogP contribution in [0, 0.1) is 5.82 Å². The summed E-state index contributed by atoms with van der Waals surface area (Å²) in [5, 5.41) is 0.556. The SMILES string of the molecule is O=C(COc1ccc(F)cc1Br)NNc1cccc(Cl)c1. The second-order valence-corrected chi connectivity index (χ2v) is 5.34. The lowest BCUT2D eigenvalue weighted by Gasteiger charge is -2.10. The van der Waals surface area contributed by atoms with E-state index in [9.17, 15) is 9.18 Å². The molecular formula is C14H11BrClFN2O2. The topological polar surface area (TPSA) is 50.4 Å². The van der Waals surface area contributed by atoms with Crippen LogP contribution in [0.2, 0.25) is 5.02 Å². The van der Waals surface area contributed by atoms with Gasteiger partial charge in [0, 0.05) is 5.02 Å². The third kappa shape index (κ3) is 4.91. The van der Waals surface area contributed by atoms with Gasteiger partial charge in [-0.2, -0.15) is 0 Å². The van der Waals surface area contributed by atoms with Crippen LogP contribution in [0.25, 0.3) is 0 Å². The summed E-state index contributed by atoms with van der Waals surface area (Å²) in [6, 6.07) is 10.9. The van der Waals surface area contributed by atoms with Crippen LogP contribution in [0.15, 0.2) is 46.9 Å². The first-order chi connectivity index (χ1) is 10.0. The van der Waals surface area contributed by atoms with Crippen molar-refractivity contribution in [3.05, 3.63) is 57.8 Å². The standard InChI is InChI=1S/C14H11BrClFN2O2/c15-12-7-10(17)4-5-13(12)21-8-14(20)19-18-11-3-1-2-9(16)6-11/h1-7,18H,8H2,(H,19,20). The average Bonchev–Trinajstić information content (AvgIpc) is 2.44. The van der Waals surface area contributed by atoms with Crippen LogP contribution in [-0.4, -0.2) is 12.5 Å². The molecule has 4 nitrogen and oxygen atoms in total. The molecule has 0 aliphatic carbocycles. The van der Waals surface area contributed by atoms with E-state index in [1.807, 2.05) is 0 Å². The lowest BCUT2D eigenvalue weighted by Crippen LogP contribution is -2.33. The van der Waals surface area contributed by atoms with Crippen molar-refractivity contribution >= 4 is 39.1 Å². The number of benzene rings is 2. The molecular weight excluding hydrogens is 363 g/mol. The molecule has 0 unspecified atom stereocenters. The maximum atomic E-state index is 12.9. The van der Waals surface area contributed by atoms with E-state index in [1.54, 1.807) is 24.3 Å². The fraction of sp³-hybridized carbons (Fsp3) is 0.0714. The minimum Gasteiger partial charge on any atom is -0.483 e. The minimum atomic E-state index is -0.388. The number of hydrazine groups is 1. The Bertz CT molecular complexity index is 655. The van der Waals surface area contributed by atoms with Crippen LogP contribution in [0.3, 0.4) is 0 Å². The first-order valence-electron chi connectivity index (χ1n) is 5.93. The van der Waals surface area contributed by atoms with Crippen molar-refractivity contribution in [2.75, 3.05) is 12.0 Å². The van der Waals surface area contributed by atoms with Crippen LogP contribution in [0.1, 0.15) is 0 Å². The van der Waals surface area contributed by atoms with Gasteiger partial charge in [0.25, 0.3) is 5.91 Å². The number of halogens is 3. The second-order valence-electron chi connectivity index (χ2n) is 4.05. The van der Waals surface area contributed by atoms with E-state index in [2.05, 4.69) is 26.8 Å². The van der Waals surface area contributed by atoms with Crippen molar-refractivity contribution in [3.8, 4) is 5.75 Å². The number of rotatable bonds is 5. The number of hydrogen-bond acceptors (Lipinski definition) is 3. The average molecular weight is 374 g/mol. The van der Waals surface area contributed by atoms with Crippen LogP contribution >= 0.6 is 27.5 Å². The first kappa shape index (κ1) is 15.6. The van der Waals surface area contributed by atoms with Gasteiger partial charge in [-0.05, 0) is 52.3 Å². The lowest BCUT2D eigenvalue weighted by molar-refractivity contribution is -0.122. The summed E-state index contributed by atoms with van der Waals surface area (Å²) in [4.78, 5) is 11.6. The largest absolute Gasteiger partial charge is 0.483 e. The highest BCUT2D eigenvalue weighted by Gasteiger charge is 2.06. The maximum Gasteiger partial charge on any atom is 0.276 e. The highest BCUT2D eigenvalue weighted by Crippen LogP contribution is 2.25. The molecule has 7 heteroatoms. The predicted octanol–water partition coefficient (Wildman–Crippen LogP) is 3.76. The third-order valence-corrected chi connectivity index (χ3v) is 3.28. The second kappa shape index (κ2) is 7.28. The Hall–Kier alpha value is -1.79. The van der Waals surface area contributed by atoms with Crippen LogP contribution in [0.5, 0.6) is 5.75 Å². The van der Waals surface area contributed by atoms with Gasteiger partial charge in [0.15, 0.2) is 6.61 Å². The molecule has 0 radical (unpaired) electrons. The summed E-state index contributed by atoms with van der Waals surface area (Å²) < 4.78 is 18.6. The number of ether oxygens (including phenoxy) is 1. The third-order valence-electron chi connectivity index (χ3n) is 2.42. The Labute approximate surface area is 134 Å². The molecule has 2 aromatic carbocycles. The molecule has 21 heavy (non-hydrogen) atoms. The molecule has 0 aliphatic rings. The number of hydrogen-bond donors (Lipinski definition) is 2. The molecule has 1 amide bonds. The van der Waals surface area contributed by atoms with E-state index in [-0.39, 0.29) is 18.3 Å². The van der Waals surface area contributed by atoms with Gasteiger partial charge in [0.2, 0.25) is 0 Å². The smallest absolute Gasteiger partial charge is 0.276 e. The molecule has 0 bridgehead atoms.